The number of rotatable bonds is 7. The van der Waals surface area contributed by atoms with Crippen molar-refractivity contribution in [1.29, 1.82) is 0 Å². The summed E-state index contributed by atoms with van der Waals surface area (Å²) in [6, 6.07) is 6.54. The van der Waals surface area contributed by atoms with Crippen LogP contribution >= 0.6 is 0 Å². The summed E-state index contributed by atoms with van der Waals surface area (Å²) in [7, 11) is 0. The Balaban J connectivity index is 1.67. The van der Waals surface area contributed by atoms with Crippen molar-refractivity contribution in [3.05, 3.63) is 35.6 Å². The molecule has 4 nitrogen and oxygen atoms in total. The number of hydrogen-bond acceptors (Lipinski definition) is 3. The fourth-order valence-electron chi connectivity index (χ4n) is 2.79. The topological polar surface area (TPSA) is 44.4 Å². The summed E-state index contributed by atoms with van der Waals surface area (Å²) in [6.45, 7) is 6.79. The van der Waals surface area contributed by atoms with Crippen molar-refractivity contribution in [1.82, 2.24) is 15.5 Å². The minimum atomic E-state index is -0.271. The highest BCUT2D eigenvalue weighted by Gasteiger charge is 2.20. The molecule has 1 aromatic carbocycles. The van der Waals surface area contributed by atoms with Crippen LogP contribution in [0.2, 0.25) is 0 Å². The van der Waals surface area contributed by atoms with Gasteiger partial charge in [-0.25, -0.2) is 4.39 Å². The average Bonchev–Trinajstić information content (AvgIpc) is 2.53. The minimum absolute atomic E-state index is 0.0339. The van der Waals surface area contributed by atoms with Crippen LogP contribution in [0.15, 0.2) is 24.3 Å². The van der Waals surface area contributed by atoms with Gasteiger partial charge in [-0.2, -0.15) is 0 Å². The van der Waals surface area contributed by atoms with Crippen molar-refractivity contribution >= 4 is 5.91 Å². The zero-order chi connectivity index (χ0) is 15.8. The molecule has 2 rings (SSSR count). The lowest BCUT2D eigenvalue weighted by molar-refractivity contribution is -0.122. The Morgan fingerprint density at radius 1 is 1.32 bits per heavy atom. The monoisotopic (exact) mass is 307 g/mol. The first-order valence-corrected chi connectivity index (χ1v) is 8.12. The summed E-state index contributed by atoms with van der Waals surface area (Å²) in [6.07, 6.45) is 2.27. The van der Waals surface area contributed by atoms with E-state index in [2.05, 4.69) is 22.5 Å². The zero-order valence-corrected chi connectivity index (χ0v) is 13.3. The first-order chi connectivity index (χ1) is 10.7. The van der Waals surface area contributed by atoms with Gasteiger partial charge in [0.25, 0.3) is 0 Å². The third-order valence-corrected chi connectivity index (χ3v) is 4.19. The standard InChI is InChI=1S/C17H26FN3O/c1-2-19-11-14-7-9-21(10-8-14)13-17(22)20-12-15-5-3-4-6-16(15)18/h3-6,14,19H,2,7-13H2,1H3,(H,20,22). The van der Waals surface area contributed by atoms with E-state index in [4.69, 9.17) is 0 Å². The second kappa shape index (κ2) is 8.86. The molecule has 0 spiro atoms. The number of hydrogen-bond donors (Lipinski definition) is 2. The highest BCUT2D eigenvalue weighted by atomic mass is 19.1. The Morgan fingerprint density at radius 2 is 2.05 bits per heavy atom. The Bertz CT molecular complexity index is 473. The van der Waals surface area contributed by atoms with Crippen LogP contribution in [0.1, 0.15) is 25.3 Å². The van der Waals surface area contributed by atoms with Crippen molar-refractivity contribution in [2.45, 2.75) is 26.3 Å². The van der Waals surface area contributed by atoms with Gasteiger partial charge < -0.3 is 10.6 Å². The highest BCUT2D eigenvalue weighted by Crippen LogP contribution is 2.16. The maximum absolute atomic E-state index is 13.5. The van der Waals surface area contributed by atoms with Gasteiger partial charge >= 0.3 is 0 Å². The molecule has 1 heterocycles. The maximum Gasteiger partial charge on any atom is 0.234 e. The molecule has 0 atom stereocenters. The van der Waals surface area contributed by atoms with Crippen LogP contribution in [0.3, 0.4) is 0 Å². The second-order valence-electron chi connectivity index (χ2n) is 5.90. The van der Waals surface area contributed by atoms with Crippen LogP contribution < -0.4 is 10.6 Å². The molecule has 1 aliphatic heterocycles. The minimum Gasteiger partial charge on any atom is -0.351 e. The van der Waals surface area contributed by atoms with Gasteiger partial charge in [-0.3, -0.25) is 9.69 Å². The van der Waals surface area contributed by atoms with Crippen LogP contribution in [-0.2, 0) is 11.3 Å². The predicted octanol–water partition coefficient (Wildman–Crippen LogP) is 1.76. The van der Waals surface area contributed by atoms with Gasteiger partial charge in [0.15, 0.2) is 0 Å². The van der Waals surface area contributed by atoms with Crippen molar-refractivity contribution in [2.24, 2.45) is 5.92 Å². The highest BCUT2D eigenvalue weighted by molar-refractivity contribution is 5.78. The molecule has 0 aliphatic carbocycles. The van der Waals surface area contributed by atoms with Gasteiger partial charge in [0, 0.05) is 12.1 Å². The lowest BCUT2D eigenvalue weighted by Gasteiger charge is -2.31. The number of nitrogens with one attached hydrogen (secondary N) is 2. The lowest BCUT2D eigenvalue weighted by Crippen LogP contribution is -2.42. The van der Waals surface area contributed by atoms with E-state index in [0.29, 0.717) is 12.1 Å². The van der Waals surface area contributed by atoms with Gasteiger partial charge in [-0.05, 0) is 51.0 Å². The van der Waals surface area contributed by atoms with Gasteiger partial charge in [-0.15, -0.1) is 0 Å². The molecule has 22 heavy (non-hydrogen) atoms. The Kier molecular flexibility index (Phi) is 6.80. The second-order valence-corrected chi connectivity index (χ2v) is 5.90. The first-order valence-electron chi connectivity index (χ1n) is 8.12. The number of halogens is 1. The molecular weight excluding hydrogens is 281 g/mol. The van der Waals surface area contributed by atoms with Crippen molar-refractivity contribution < 1.29 is 9.18 Å². The quantitative estimate of drug-likeness (QED) is 0.807. The van der Waals surface area contributed by atoms with E-state index in [9.17, 15) is 9.18 Å². The van der Waals surface area contributed by atoms with Crippen molar-refractivity contribution in [2.75, 3.05) is 32.7 Å². The molecule has 1 aromatic rings. The fraction of sp³-hybridized carbons (Fsp3) is 0.588. The van der Waals surface area contributed by atoms with E-state index in [1.807, 2.05) is 0 Å². The number of benzene rings is 1. The number of carbonyl (C=O) groups is 1. The summed E-state index contributed by atoms with van der Waals surface area (Å²) in [5, 5.41) is 6.18. The number of piperidine rings is 1. The summed E-state index contributed by atoms with van der Waals surface area (Å²) in [4.78, 5) is 14.1. The van der Waals surface area contributed by atoms with E-state index in [-0.39, 0.29) is 18.3 Å². The Morgan fingerprint density at radius 3 is 2.73 bits per heavy atom. The Labute approximate surface area is 132 Å². The van der Waals surface area contributed by atoms with Gasteiger partial charge in [0.2, 0.25) is 5.91 Å². The van der Waals surface area contributed by atoms with Crippen molar-refractivity contribution in [3.63, 3.8) is 0 Å². The summed E-state index contributed by atoms with van der Waals surface area (Å²) < 4.78 is 13.5. The third-order valence-electron chi connectivity index (χ3n) is 4.19. The normalized spacial score (nSPS) is 16.6. The smallest absolute Gasteiger partial charge is 0.234 e. The van der Waals surface area contributed by atoms with E-state index >= 15 is 0 Å². The molecular formula is C17H26FN3O. The third kappa shape index (κ3) is 5.39. The van der Waals surface area contributed by atoms with Crippen molar-refractivity contribution in [3.8, 4) is 0 Å². The zero-order valence-electron chi connectivity index (χ0n) is 13.3. The van der Waals surface area contributed by atoms with Crippen LogP contribution in [0.5, 0.6) is 0 Å². The number of nitrogens with zero attached hydrogens (tertiary/aromatic N) is 1. The number of carbonyl (C=O) groups excluding carboxylic acids is 1. The molecule has 0 saturated carbocycles. The Hall–Kier alpha value is -1.46. The molecule has 0 aromatic heterocycles. The largest absolute Gasteiger partial charge is 0.351 e. The molecule has 1 fully saturated rings. The number of amides is 1. The van der Waals surface area contributed by atoms with E-state index in [1.54, 1.807) is 18.2 Å². The van der Waals surface area contributed by atoms with Gasteiger partial charge in [-0.1, -0.05) is 25.1 Å². The molecule has 2 N–H and O–H groups in total. The van der Waals surface area contributed by atoms with Gasteiger partial charge in [0.05, 0.1) is 6.54 Å². The SMILES string of the molecule is CCNCC1CCN(CC(=O)NCc2ccccc2F)CC1. The van der Waals surface area contributed by atoms with Crippen LogP contribution in [0.4, 0.5) is 4.39 Å². The van der Waals surface area contributed by atoms with E-state index in [0.717, 1.165) is 44.9 Å². The summed E-state index contributed by atoms with van der Waals surface area (Å²) in [5.41, 5.74) is 0.528. The molecule has 1 amide bonds. The summed E-state index contributed by atoms with van der Waals surface area (Å²) >= 11 is 0. The number of likely N-dealkylation sites (tertiary alicyclic amines) is 1. The average molecular weight is 307 g/mol. The summed E-state index contributed by atoms with van der Waals surface area (Å²) in [5.74, 6) is 0.415. The first kappa shape index (κ1) is 16.9. The van der Waals surface area contributed by atoms with E-state index in [1.165, 1.54) is 6.07 Å². The molecule has 122 valence electrons. The fourth-order valence-corrected chi connectivity index (χ4v) is 2.79. The molecule has 1 saturated heterocycles. The predicted molar refractivity (Wildman–Crippen MR) is 86.0 cm³/mol. The van der Waals surface area contributed by atoms with Gasteiger partial charge in [0.1, 0.15) is 5.82 Å². The molecule has 5 heteroatoms. The molecule has 1 aliphatic rings. The van der Waals surface area contributed by atoms with Crippen LogP contribution in [0, 0.1) is 11.7 Å². The van der Waals surface area contributed by atoms with Crippen LogP contribution in [-0.4, -0.2) is 43.5 Å². The molecule has 0 unspecified atom stereocenters. The molecule has 0 bridgehead atoms. The lowest BCUT2D eigenvalue weighted by atomic mass is 9.97. The molecule has 0 radical (unpaired) electrons. The van der Waals surface area contributed by atoms with E-state index < -0.39 is 0 Å². The van der Waals surface area contributed by atoms with Crippen LogP contribution in [0.25, 0.3) is 0 Å². The maximum atomic E-state index is 13.5.